The Bertz CT molecular complexity index is 468. The second-order valence-corrected chi connectivity index (χ2v) is 4.80. The fourth-order valence-electron chi connectivity index (χ4n) is 2.71. The second kappa shape index (κ2) is 4.01. The summed E-state index contributed by atoms with van der Waals surface area (Å²) in [6, 6.07) is 4.15. The van der Waals surface area contributed by atoms with Crippen LogP contribution in [0.3, 0.4) is 0 Å². The Balaban J connectivity index is 1.94. The number of hydrogen-bond acceptors (Lipinski definition) is 4. The maximum atomic E-state index is 9.23. The number of anilines is 1. The maximum Gasteiger partial charge on any atom is 0.146 e. The van der Waals surface area contributed by atoms with Gasteiger partial charge in [-0.25, -0.2) is 4.98 Å². The van der Waals surface area contributed by atoms with Crippen molar-refractivity contribution in [3.63, 3.8) is 0 Å². The first-order chi connectivity index (χ1) is 8.28. The highest BCUT2D eigenvalue weighted by atomic mass is 16.5. The zero-order valence-corrected chi connectivity index (χ0v) is 9.89. The zero-order chi connectivity index (χ0) is 11.8. The number of nitrogens with zero attached hydrogens (tertiary/aromatic N) is 3. The molecule has 0 spiro atoms. The third-order valence-electron chi connectivity index (χ3n) is 3.59. The van der Waals surface area contributed by atoms with E-state index in [-0.39, 0.29) is 0 Å². The smallest absolute Gasteiger partial charge is 0.146 e. The van der Waals surface area contributed by atoms with E-state index in [1.165, 1.54) is 0 Å². The first kappa shape index (κ1) is 10.5. The molecular formula is C13H15N3O. The SMILES string of the molecule is Cc1ccnc(N2CC3CCC(C2)O3)c1C#N. The topological polar surface area (TPSA) is 49.2 Å². The lowest BCUT2D eigenvalue weighted by Crippen LogP contribution is -2.43. The lowest BCUT2D eigenvalue weighted by Gasteiger charge is -2.33. The molecule has 4 heteroatoms. The Hall–Kier alpha value is -1.60. The predicted octanol–water partition coefficient (Wildman–Crippen LogP) is 1.63. The van der Waals surface area contributed by atoms with Crippen LogP contribution < -0.4 is 4.90 Å². The minimum atomic E-state index is 0.322. The molecule has 2 aliphatic rings. The van der Waals surface area contributed by atoms with Gasteiger partial charge in [0.1, 0.15) is 11.9 Å². The molecule has 0 radical (unpaired) electrons. The second-order valence-electron chi connectivity index (χ2n) is 4.80. The number of fused-ring (bicyclic) bond motifs is 2. The van der Waals surface area contributed by atoms with Gasteiger partial charge in [0.25, 0.3) is 0 Å². The van der Waals surface area contributed by atoms with Crippen molar-refractivity contribution in [2.24, 2.45) is 0 Å². The highest BCUT2D eigenvalue weighted by Gasteiger charge is 2.35. The summed E-state index contributed by atoms with van der Waals surface area (Å²) in [7, 11) is 0. The van der Waals surface area contributed by atoms with Gasteiger partial charge in [-0.15, -0.1) is 0 Å². The molecule has 3 heterocycles. The standard InChI is InChI=1S/C13H15N3O/c1-9-4-5-15-13(12(9)6-14)16-7-10-2-3-11(8-16)17-10/h4-5,10-11H,2-3,7-8H2,1H3. The number of rotatable bonds is 1. The molecule has 1 aromatic rings. The fourth-order valence-corrected chi connectivity index (χ4v) is 2.71. The number of ether oxygens (including phenoxy) is 1. The normalized spacial score (nSPS) is 26.9. The van der Waals surface area contributed by atoms with Crippen molar-refractivity contribution in [1.82, 2.24) is 4.98 Å². The minimum Gasteiger partial charge on any atom is -0.371 e. The summed E-state index contributed by atoms with van der Waals surface area (Å²) in [6.07, 6.45) is 4.69. The molecule has 17 heavy (non-hydrogen) atoms. The Labute approximate surface area is 101 Å². The largest absolute Gasteiger partial charge is 0.371 e. The summed E-state index contributed by atoms with van der Waals surface area (Å²) < 4.78 is 5.80. The van der Waals surface area contributed by atoms with Crippen LogP contribution in [0.2, 0.25) is 0 Å². The third kappa shape index (κ3) is 1.77. The van der Waals surface area contributed by atoms with Crippen LogP contribution in [-0.2, 0) is 4.74 Å². The van der Waals surface area contributed by atoms with Gasteiger partial charge < -0.3 is 9.64 Å². The Morgan fingerprint density at radius 1 is 1.41 bits per heavy atom. The zero-order valence-electron chi connectivity index (χ0n) is 9.89. The van der Waals surface area contributed by atoms with E-state index in [4.69, 9.17) is 4.74 Å². The van der Waals surface area contributed by atoms with E-state index in [9.17, 15) is 5.26 Å². The summed E-state index contributed by atoms with van der Waals surface area (Å²) in [5.41, 5.74) is 1.70. The van der Waals surface area contributed by atoms with Crippen molar-refractivity contribution < 1.29 is 4.74 Å². The van der Waals surface area contributed by atoms with Crippen molar-refractivity contribution in [1.29, 1.82) is 5.26 Å². The van der Waals surface area contributed by atoms with Gasteiger partial charge in [-0.1, -0.05) is 0 Å². The van der Waals surface area contributed by atoms with Crippen molar-refractivity contribution in [3.05, 3.63) is 23.4 Å². The average Bonchev–Trinajstić information content (AvgIpc) is 2.68. The highest BCUT2D eigenvalue weighted by Crippen LogP contribution is 2.30. The van der Waals surface area contributed by atoms with Crippen LogP contribution in [0.25, 0.3) is 0 Å². The molecule has 0 N–H and O–H groups in total. The number of aromatic nitrogens is 1. The minimum absolute atomic E-state index is 0.322. The van der Waals surface area contributed by atoms with Gasteiger partial charge >= 0.3 is 0 Å². The van der Waals surface area contributed by atoms with Crippen LogP contribution in [0.4, 0.5) is 5.82 Å². The van der Waals surface area contributed by atoms with Gasteiger partial charge in [0, 0.05) is 19.3 Å². The molecule has 0 amide bonds. The lowest BCUT2D eigenvalue weighted by atomic mass is 10.1. The van der Waals surface area contributed by atoms with E-state index in [1.54, 1.807) is 6.20 Å². The van der Waals surface area contributed by atoms with Crippen LogP contribution >= 0.6 is 0 Å². The van der Waals surface area contributed by atoms with E-state index >= 15 is 0 Å². The summed E-state index contributed by atoms with van der Waals surface area (Å²) in [5, 5.41) is 9.23. The van der Waals surface area contributed by atoms with Crippen molar-refractivity contribution >= 4 is 5.82 Å². The van der Waals surface area contributed by atoms with E-state index < -0.39 is 0 Å². The Morgan fingerprint density at radius 2 is 2.12 bits per heavy atom. The van der Waals surface area contributed by atoms with Crippen molar-refractivity contribution in [2.75, 3.05) is 18.0 Å². The number of pyridine rings is 1. The van der Waals surface area contributed by atoms with Crippen LogP contribution in [-0.4, -0.2) is 30.3 Å². The van der Waals surface area contributed by atoms with Crippen molar-refractivity contribution in [3.8, 4) is 6.07 Å². The van der Waals surface area contributed by atoms with E-state index in [0.29, 0.717) is 17.8 Å². The molecule has 0 aliphatic carbocycles. The first-order valence-corrected chi connectivity index (χ1v) is 6.04. The summed E-state index contributed by atoms with van der Waals surface area (Å²) in [5.74, 6) is 0.827. The molecule has 0 saturated carbocycles. The highest BCUT2D eigenvalue weighted by molar-refractivity contribution is 5.57. The van der Waals surface area contributed by atoms with E-state index in [2.05, 4.69) is 16.0 Å². The summed E-state index contributed by atoms with van der Waals surface area (Å²) >= 11 is 0. The van der Waals surface area contributed by atoms with E-state index in [1.807, 2.05) is 13.0 Å². The molecule has 1 aromatic heterocycles. The predicted molar refractivity (Wildman–Crippen MR) is 63.8 cm³/mol. The molecule has 4 nitrogen and oxygen atoms in total. The summed E-state index contributed by atoms with van der Waals surface area (Å²) in [6.45, 7) is 3.68. The average molecular weight is 229 g/mol. The summed E-state index contributed by atoms with van der Waals surface area (Å²) in [4.78, 5) is 6.58. The van der Waals surface area contributed by atoms with E-state index in [0.717, 1.165) is 37.3 Å². The van der Waals surface area contributed by atoms with Crippen LogP contribution in [0.15, 0.2) is 12.3 Å². The van der Waals surface area contributed by atoms with Crippen LogP contribution in [0.5, 0.6) is 0 Å². The molecule has 3 rings (SSSR count). The lowest BCUT2D eigenvalue weighted by molar-refractivity contribution is 0.0302. The van der Waals surface area contributed by atoms with Crippen LogP contribution in [0, 0.1) is 18.3 Å². The van der Waals surface area contributed by atoms with Crippen molar-refractivity contribution in [2.45, 2.75) is 32.0 Å². The third-order valence-corrected chi connectivity index (χ3v) is 3.59. The molecule has 2 aliphatic heterocycles. The number of aryl methyl sites for hydroxylation is 1. The van der Waals surface area contributed by atoms with Gasteiger partial charge in [-0.05, 0) is 31.4 Å². The van der Waals surface area contributed by atoms with Gasteiger partial charge in [0.05, 0.1) is 17.8 Å². The van der Waals surface area contributed by atoms with Gasteiger partial charge in [-0.2, -0.15) is 5.26 Å². The molecular weight excluding hydrogens is 214 g/mol. The Kier molecular flexibility index (Phi) is 2.49. The maximum absolute atomic E-state index is 9.23. The molecule has 2 bridgehead atoms. The first-order valence-electron chi connectivity index (χ1n) is 6.04. The molecule has 2 saturated heterocycles. The number of morpholine rings is 1. The molecule has 2 unspecified atom stereocenters. The molecule has 2 atom stereocenters. The molecule has 2 fully saturated rings. The Morgan fingerprint density at radius 3 is 2.76 bits per heavy atom. The van der Waals surface area contributed by atoms with Gasteiger partial charge in [-0.3, -0.25) is 0 Å². The number of hydrogen-bond donors (Lipinski definition) is 0. The quantitative estimate of drug-likeness (QED) is 0.734. The van der Waals surface area contributed by atoms with Gasteiger partial charge in [0.2, 0.25) is 0 Å². The van der Waals surface area contributed by atoms with Gasteiger partial charge in [0.15, 0.2) is 0 Å². The number of nitriles is 1. The fraction of sp³-hybridized carbons (Fsp3) is 0.538. The van der Waals surface area contributed by atoms with Crippen LogP contribution in [0.1, 0.15) is 24.0 Å². The molecule has 0 aromatic carbocycles. The monoisotopic (exact) mass is 229 g/mol. The molecule has 88 valence electrons.